The molecule has 0 radical (unpaired) electrons. The van der Waals surface area contributed by atoms with Gasteiger partial charge in [-0.2, -0.15) is 5.10 Å². The van der Waals surface area contributed by atoms with Crippen LogP contribution in [0.4, 0.5) is 0 Å². The summed E-state index contributed by atoms with van der Waals surface area (Å²) in [4.78, 5) is 16.7. The Morgan fingerprint density at radius 2 is 1.96 bits per heavy atom. The zero-order valence-corrected chi connectivity index (χ0v) is 15.1. The Morgan fingerprint density at radius 1 is 1.19 bits per heavy atom. The summed E-state index contributed by atoms with van der Waals surface area (Å²) in [5, 5.41) is 7.66. The van der Waals surface area contributed by atoms with Crippen molar-refractivity contribution in [1.82, 2.24) is 19.9 Å². The van der Waals surface area contributed by atoms with Crippen molar-refractivity contribution in [3.63, 3.8) is 0 Å². The van der Waals surface area contributed by atoms with E-state index in [1.165, 1.54) is 25.7 Å². The second kappa shape index (κ2) is 6.34. The monoisotopic (exact) mass is 353 g/mol. The molecule has 3 N–H and O–H groups in total. The third-order valence-electron chi connectivity index (χ3n) is 6.34. The molecule has 0 aromatic carbocycles. The number of hydrogen-bond donors (Lipinski definition) is 2. The molecule has 5 rings (SSSR count). The van der Waals surface area contributed by atoms with Gasteiger partial charge in [0, 0.05) is 18.9 Å². The number of fused-ring (bicyclic) bond motifs is 1. The highest BCUT2D eigenvalue weighted by Gasteiger charge is 2.45. The first kappa shape index (κ1) is 16.2. The molecule has 1 aliphatic heterocycles. The van der Waals surface area contributed by atoms with Crippen LogP contribution in [0.3, 0.4) is 0 Å². The van der Waals surface area contributed by atoms with Crippen molar-refractivity contribution in [3.05, 3.63) is 29.7 Å². The van der Waals surface area contributed by atoms with Gasteiger partial charge in [-0.25, -0.2) is 9.50 Å². The Balaban J connectivity index is 1.36. The molecule has 2 aliphatic carbocycles. The number of hydrogen-bond acceptors (Lipinski definition) is 4. The number of rotatable bonds is 6. The molecule has 1 saturated heterocycles. The third-order valence-corrected chi connectivity index (χ3v) is 6.34. The number of piperidine rings is 1. The summed E-state index contributed by atoms with van der Waals surface area (Å²) in [5.41, 5.74) is 9.39. The number of nitrogens with two attached hydrogens (primary N) is 1. The molecule has 3 fully saturated rings. The SMILES string of the molecule is NC(c1cn2nc(C[C@H]3CCCNC3=O)ccc2n1)C(C1CC1)C1CC1. The van der Waals surface area contributed by atoms with Crippen LogP contribution in [0.15, 0.2) is 18.3 Å². The molecule has 1 amide bonds. The van der Waals surface area contributed by atoms with E-state index in [1.807, 2.05) is 22.8 Å². The Morgan fingerprint density at radius 3 is 2.65 bits per heavy atom. The lowest BCUT2D eigenvalue weighted by Crippen LogP contribution is -2.37. The van der Waals surface area contributed by atoms with Crippen molar-refractivity contribution in [2.24, 2.45) is 29.4 Å². The lowest BCUT2D eigenvalue weighted by molar-refractivity contribution is -0.126. The topological polar surface area (TPSA) is 85.3 Å². The first-order valence-corrected chi connectivity index (χ1v) is 10.1. The van der Waals surface area contributed by atoms with E-state index in [2.05, 4.69) is 5.32 Å². The van der Waals surface area contributed by atoms with Gasteiger partial charge in [0.15, 0.2) is 5.65 Å². The van der Waals surface area contributed by atoms with Crippen molar-refractivity contribution in [2.75, 3.05) is 6.54 Å². The van der Waals surface area contributed by atoms with Crippen LogP contribution in [0, 0.1) is 23.7 Å². The van der Waals surface area contributed by atoms with Gasteiger partial charge < -0.3 is 11.1 Å². The lowest BCUT2D eigenvalue weighted by Gasteiger charge is -2.21. The summed E-state index contributed by atoms with van der Waals surface area (Å²) >= 11 is 0. The molecule has 2 atom stereocenters. The molecule has 2 aromatic rings. The smallest absolute Gasteiger partial charge is 0.223 e. The van der Waals surface area contributed by atoms with Crippen molar-refractivity contribution < 1.29 is 4.79 Å². The molecule has 3 heterocycles. The van der Waals surface area contributed by atoms with E-state index in [9.17, 15) is 4.79 Å². The Kier molecular flexibility index (Phi) is 3.96. The fourth-order valence-corrected chi connectivity index (χ4v) is 4.62. The lowest BCUT2D eigenvalue weighted by atomic mass is 9.88. The van der Waals surface area contributed by atoms with E-state index < -0.39 is 0 Å². The molecular formula is C20H27N5O. The van der Waals surface area contributed by atoms with Gasteiger partial charge in [-0.15, -0.1) is 0 Å². The molecule has 6 nitrogen and oxygen atoms in total. The van der Waals surface area contributed by atoms with E-state index in [0.717, 1.165) is 48.3 Å². The summed E-state index contributed by atoms with van der Waals surface area (Å²) in [5.74, 6) is 2.38. The molecule has 2 saturated carbocycles. The normalized spacial score (nSPS) is 24.8. The van der Waals surface area contributed by atoms with E-state index in [4.69, 9.17) is 15.8 Å². The van der Waals surface area contributed by atoms with Gasteiger partial charge in [-0.1, -0.05) is 0 Å². The van der Waals surface area contributed by atoms with Crippen molar-refractivity contribution in [1.29, 1.82) is 0 Å². The number of carbonyl (C=O) groups is 1. The summed E-state index contributed by atoms with van der Waals surface area (Å²) in [6.07, 6.45) is 9.99. The van der Waals surface area contributed by atoms with Crippen LogP contribution < -0.4 is 11.1 Å². The highest BCUT2D eigenvalue weighted by Crippen LogP contribution is 2.53. The average molecular weight is 353 g/mol. The van der Waals surface area contributed by atoms with Gasteiger partial charge in [-0.05, 0) is 68.4 Å². The third kappa shape index (κ3) is 3.11. The maximum atomic E-state index is 12.0. The summed E-state index contributed by atoms with van der Waals surface area (Å²) in [7, 11) is 0. The highest BCUT2D eigenvalue weighted by atomic mass is 16.1. The van der Waals surface area contributed by atoms with Crippen LogP contribution >= 0.6 is 0 Å². The van der Waals surface area contributed by atoms with Crippen LogP contribution in [0.5, 0.6) is 0 Å². The first-order valence-electron chi connectivity index (χ1n) is 10.1. The standard InChI is InChI=1S/C20H27N5O/c21-19(18(12-3-4-12)13-5-6-13)16-11-25-17(23-16)8-7-15(24-25)10-14-2-1-9-22-20(14)26/h7-8,11-14,18-19H,1-6,9-10,21H2,(H,22,26)/t14-,19?/m1/s1. The summed E-state index contributed by atoms with van der Waals surface area (Å²) < 4.78 is 1.85. The molecule has 6 heteroatoms. The van der Waals surface area contributed by atoms with E-state index in [1.54, 1.807) is 0 Å². The number of carbonyl (C=O) groups excluding carboxylic acids is 1. The van der Waals surface area contributed by atoms with Crippen molar-refractivity contribution >= 4 is 11.6 Å². The van der Waals surface area contributed by atoms with E-state index in [0.29, 0.717) is 12.3 Å². The number of aromatic nitrogens is 3. The molecule has 0 spiro atoms. The van der Waals surface area contributed by atoms with Gasteiger partial charge in [0.25, 0.3) is 0 Å². The van der Waals surface area contributed by atoms with Crippen molar-refractivity contribution in [2.45, 2.75) is 51.0 Å². The largest absolute Gasteiger partial charge is 0.356 e. The Bertz CT molecular complexity index is 811. The van der Waals surface area contributed by atoms with Gasteiger partial charge >= 0.3 is 0 Å². The van der Waals surface area contributed by atoms with Gasteiger partial charge in [0.1, 0.15) is 0 Å². The van der Waals surface area contributed by atoms with Crippen LogP contribution in [-0.2, 0) is 11.2 Å². The van der Waals surface area contributed by atoms with Crippen molar-refractivity contribution in [3.8, 4) is 0 Å². The van der Waals surface area contributed by atoms with Crippen LogP contribution in [0.25, 0.3) is 5.65 Å². The maximum absolute atomic E-state index is 12.0. The van der Waals surface area contributed by atoms with E-state index in [-0.39, 0.29) is 17.9 Å². The second-order valence-electron chi connectivity index (χ2n) is 8.41. The maximum Gasteiger partial charge on any atom is 0.223 e. The highest BCUT2D eigenvalue weighted by molar-refractivity contribution is 5.79. The van der Waals surface area contributed by atoms with Gasteiger partial charge in [0.05, 0.1) is 23.6 Å². The predicted molar refractivity (Wildman–Crippen MR) is 98.3 cm³/mol. The number of nitrogens with one attached hydrogen (secondary N) is 1. The molecule has 26 heavy (non-hydrogen) atoms. The zero-order chi connectivity index (χ0) is 17.7. The fraction of sp³-hybridized carbons (Fsp3) is 0.650. The first-order chi connectivity index (χ1) is 12.7. The Hall–Kier alpha value is -1.95. The zero-order valence-electron chi connectivity index (χ0n) is 15.1. The minimum atomic E-state index is 0.0178. The summed E-state index contributed by atoms with van der Waals surface area (Å²) in [6.45, 7) is 0.799. The number of amides is 1. The minimum absolute atomic E-state index is 0.0178. The minimum Gasteiger partial charge on any atom is -0.356 e. The predicted octanol–water partition coefficient (Wildman–Crippen LogP) is 2.23. The molecule has 1 unspecified atom stereocenters. The molecular weight excluding hydrogens is 326 g/mol. The van der Waals surface area contributed by atoms with Crippen LogP contribution in [0.1, 0.15) is 56.0 Å². The molecule has 138 valence electrons. The molecule has 3 aliphatic rings. The second-order valence-corrected chi connectivity index (χ2v) is 8.41. The summed E-state index contributed by atoms with van der Waals surface area (Å²) in [6, 6.07) is 4.02. The van der Waals surface area contributed by atoms with E-state index >= 15 is 0 Å². The van der Waals surface area contributed by atoms with Crippen LogP contribution in [0.2, 0.25) is 0 Å². The number of nitrogens with zero attached hydrogens (tertiary/aromatic N) is 3. The van der Waals surface area contributed by atoms with Gasteiger partial charge in [-0.3, -0.25) is 4.79 Å². The number of imidazole rings is 1. The van der Waals surface area contributed by atoms with Gasteiger partial charge in [0.2, 0.25) is 5.91 Å². The Labute approximate surface area is 153 Å². The fourth-order valence-electron chi connectivity index (χ4n) is 4.62. The average Bonchev–Trinajstić information content (AvgIpc) is 3.57. The quantitative estimate of drug-likeness (QED) is 0.834. The van der Waals surface area contributed by atoms with Crippen LogP contribution in [-0.4, -0.2) is 27.0 Å². The molecule has 2 aromatic heterocycles. The molecule has 0 bridgehead atoms.